The van der Waals surface area contributed by atoms with Gasteiger partial charge in [-0.2, -0.15) is 0 Å². The van der Waals surface area contributed by atoms with Crippen LogP contribution in [0.3, 0.4) is 0 Å². The summed E-state index contributed by atoms with van der Waals surface area (Å²) in [5.41, 5.74) is -0.0476. The molecule has 0 bridgehead atoms. The van der Waals surface area contributed by atoms with E-state index >= 15 is 0 Å². The molecule has 0 aromatic carbocycles. The second-order valence-corrected chi connectivity index (χ2v) is 13.3. The van der Waals surface area contributed by atoms with Crippen LogP contribution in [-0.2, 0) is 23.9 Å². The largest absolute Gasteiger partial charge is 0.478 e. The van der Waals surface area contributed by atoms with Crippen molar-refractivity contribution in [1.29, 1.82) is 0 Å². The van der Waals surface area contributed by atoms with Gasteiger partial charge in [0.2, 0.25) is 0 Å². The lowest BCUT2D eigenvalue weighted by Crippen LogP contribution is -2.69. The van der Waals surface area contributed by atoms with Crippen molar-refractivity contribution in [3.63, 3.8) is 0 Å². The fourth-order valence-corrected chi connectivity index (χ4v) is 9.37. The highest BCUT2D eigenvalue weighted by atomic mass is 16.5. The number of ketones is 2. The van der Waals surface area contributed by atoms with Crippen molar-refractivity contribution in [2.24, 2.45) is 39.9 Å². The van der Waals surface area contributed by atoms with Gasteiger partial charge in [-0.1, -0.05) is 39.3 Å². The Balaban J connectivity index is 1.86. The van der Waals surface area contributed by atoms with E-state index in [1.807, 2.05) is 40.7 Å². The van der Waals surface area contributed by atoms with Crippen LogP contribution < -0.4 is 0 Å². The zero-order valence-electron chi connectivity index (χ0n) is 23.9. The zero-order valence-corrected chi connectivity index (χ0v) is 23.9. The molecule has 4 aliphatic rings. The van der Waals surface area contributed by atoms with Crippen LogP contribution in [0.2, 0.25) is 0 Å². The molecule has 0 heterocycles. The van der Waals surface area contributed by atoms with Crippen LogP contribution in [0.25, 0.3) is 0 Å². The Labute approximate surface area is 226 Å². The second-order valence-electron chi connectivity index (χ2n) is 13.3. The van der Waals surface area contributed by atoms with Crippen molar-refractivity contribution < 1.29 is 34.1 Å². The summed E-state index contributed by atoms with van der Waals surface area (Å²) in [6.07, 6.45) is 3.69. The van der Waals surface area contributed by atoms with Gasteiger partial charge in [0.15, 0.2) is 5.78 Å². The van der Waals surface area contributed by atoms with Crippen LogP contribution in [0.1, 0.15) is 93.4 Å². The predicted molar refractivity (Wildman–Crippen MR) is 142 cm³/mol. The van der Waals surface area contributed by atoms with Crippen LogP contribution in [0, 0.1) is 39.9 Å². The maximum atomic E-state index is 14.3. The Bertz CT molecular complexity index is 1110. The Morgan fingerprint density at radius 3 is 2.34 bits per heavy atom. The molecule has 0 spiro atoms. The van der Waals surface area contributed by atoms with E-state index in [9.17, 15) is 29.4 Å². The third-order valence-electron chi connectivity index (χ3n) is 11.2. The van der Waals surface area contributed by atoms with Gasteiger partial charge in [-0.3, -0.25) is 14.4 Å². The van der Waals surface area contributed by atoms with Crippen molar-refractivity contribution in [3.05, 3.63) is 22.8 Å². The highest BCUT2D eigenvalue weighted by Gasteiger charge is 2.73. The number of Topliss-reactive ketones (excluding diaryl/α,β-unsaturated/α-hetero) is 2. The molecule has 0 radical (unpaired) electrons. The Kier molecular flexibility index (Phi) is 7.35. The van der Waals surface area contributed by atoms with E-state index in [-0.39, 0.29) is 34.9 Å². The molecule has 38 heavy (non-hydrogen) atoms. The van der Waals surface area contributed by atoms with E-state index in [0.29, 0.717) is 50.5 Å². The molecule has 0 unspecified atom stereocenters. The number of carbonyl (C=O) groups is 4. The number of aliphatic hydroxyl groups excluding tert-OH is 1. The van der Waals surface area contributed by atoms with Crippen LogP contribution in [0.5, 0.6) is 0 Å². The molecule has 2 N–H and O–H groups in total. The first-order valence-corrected chi connectivity index (χ1v) is 14.1. The molecule has 0 aromatic rings. The summed E-state index contributed by atoms with van der Waals surface area (Å²) in [4.78, 5) is 51.7. The summed E-state index contributed by atoms with van der Waals surface area (Å²) in [7, 11) is 0. The SMILES string of the molecule is CC(=O)O[C@H]1C[C@@]2(C)[C@@H](CC[C@@H]3[C@]4(C)CCC(=O)[C@@H](C)[C@@H]4[C@H](O)C(=O)[C@]32C)/C1=C(/CCC=C(C)C)C(=O)O. The van der Waals surface area contributed by atoms with Gasteiger partial charge in [0.1, 0.15) is 18.0 Å². The molecule has 4 fully saturated rings. The average Bonchev–Trinajstić information content (AvgIpc) is 3.09. The molecule has 0 amide bonds. The van der Waals surface area contributed by atoms with Gasteiger partial charge in [-0.05, 0) is 80.6 Å². The van der Waals surface area contributed by atoms with Crippen LogP contribution >= 0.6 is 0 Å². The Morgan fingerprint density at radius 1 is 1.11 bits per heavy atom. The first-order chi connectivity index (χ1) is 17.6. The second kappa shape index (κ2) is 9.72. The number of ether oxygens (including phenoxy) is 1. The van der Waals surface area contributed by atoms with Crippen molar-refractivity contribution in [3.8, 4) is 0 Å². The minimum Gasteiger partial charge on any atom is -0.478 e. The van der Waals surface area contributed by atoms with Gasteiger partial charge in [-0.15, -0.1) is 0 Å². The van der Waals surface area contributed by atoms with E-state index in [4.69, 9.17) is 4.74 Å². The predicted octanol–water partition coefficient (Wildman–Crippen LogP) is 5.05. The molecular weight excluding hydrogens is 484 g/mol. The highest BCUT2D eigenvalue weighted by Crippen LogP contribution is 2.73. The quantitative estimate of drug-likeness (QED) is 0.291. The van der Waals surface area contributed by atoms with Crippen LogP contribution in [0.15, 0.2) is 22.8 Å². The summed E-state index contributed by atoms with van der Waals surface area (Å²) in [5, 5.41) is 21.8. The molecular formula is C31H44O7. The lowest BCUT2D eigenvalue weighted by molar-refractivity contribution is -0.213. The normalized spacial score (nSPS) is 43.5. The number of aliphatic carboxylic acids is 1. The maximum Gasteiger partial charge on any atom is 0.331 e. The van der Waals surface area contributed by atoms with E-state index < -0.39 is 46.3 Å². The number of rotatable bonds is 5. The first kappa shape index (κ1) is 28.7. The number of allylic oxidation sites excluding steroid dienone is 2. The monoisotopic (exact) mass is 528 g/mol. The van der Waals surface area contributed by atoms with Gasteiger partial charge < -0.3 is 14.9 Å². The Hall–Kier alpha value is -2.28. The Morgan fingerprint density at radius 2 is 1.76 bits per heavy atom. The highest BCUT2D eigenvalue weighted by molar-refractivity contribution is 5.94. The molecule has 210 valence electrons. The van der Waals surface area contributed by atoms with E-state index in [0.717, 1.165) is 5.57 Å². The van der Waals surface area contributed by atoms with E-state index in [1.54, 1.807) is 0 Å². The topological polar surface area (TPSA) is 118 Å². The van der Waals surface area contributed by atoms with Gasteiger partial charge in [0.25, 0.3) is 0 Å². The molecule has 4 aliphatic carbocycles. The standard InChI is InChI=1S/C31H44O7/c1-16(2)9-8-10-19(28(36)37)24-20-11-12-23-29(5)14-13-21(33)17(3)25(29)26(34)27(35)31(23,7)30(20,6)15-22(24)38-18(4)32/h9,17,20,22-23,25-26,34H,8,10-15H2,1-7H3,(H,36,37)/b24-19+/t17-,20+,22+,23-,25-,26+,29+,30+,31+/m1/s1. The van der Waals surface area contributed by atoms with Crippen molar-refractivity contribution in [2.75, 3.05) is 0 Å². The summed E-state index contributed by atoms with van der Waals surface area (Å²) >= 11 is 0. The molecule has 4 saturated carbocycles. The zero-order chi connectivity index (χ0) is 28.4. The fraction of sp³-hybridized carbons (Fsp3) is 0.742. The molecule has 0 saturated heterocycles. The summed E-state index contributed by atoms with van der Waals surface area (Å²) in [5.74, 6) is -2.77. The molecule has 0 aromatic heterocycles. The number of hydrogen-bond acceptors (Lipinski definition) is 6. The van der Waals surface area contributed by atoms with Crippen LogP contribution in [-0.4, -0.2) is 45.9 Å². The van der Waals surface area contributed by atoms with Crippen molar-refractivity contribution in [2.45, 2.75) is 106 Å². The first-order valence-electron chi connectivity index (χ1n) is 14.1. The maximum absolute atomic E-state index is 14.3. The lowest BCUT2D eigenvalue weighted by atomic mass is 9.36. The van der Waals surface area contributed by atoms with Gasteiger partial charge in [-0.25, -0.2) is 4.79 Å². The lowest BCUT2D eigenvalue weighted by Gasteiger charge is -2.67. The van der Waals surface area contributed by atoms with E-state index in [1.165, 1.54) is 6.92 Å². The number of carboxylic acids is 1. The number of fused-ring (bicyclic) bond motifs is 5. The van der Waals surface area contributed by atoms with Crippen molar-refractivity contribution >= 4 is 23.5 Å². The number of esters is 1. The fourth-order valence-electron chi connectivity index (χ4n) is 9.37. The average molecular weight is 529 g/mol. The van der Waals surface area contributed by atoms with Crippen molar-refractivity contribution in [1.82, 2.24) is 0 Å². The summed E-state index contributed by atoms with van der Waals surface area (Å²) in [6.45, 7) is 13.2. The smallest absolute Gasteiger partial charge is 0.331 e. The number of aliphatic hydroxyl groups is 1. The molecule has 7 nitrogen and oxygen atoms in total. The van der Waals surface area contributed by atoms with E-state index in [2.05, 4.69) is 6.92 Å². The van der Waals surface area contributed by atoms with Crippen LogP contribution in [0.4, 0.5) is 0 Å². The summed E-state index contributed by atoms with van der Waals surface area (Å²) < 4.78 is 5.80. The molecule has 7 heteroatoms. The molecule has 0 aliphatic heterocycles. The van der Waals surface area contributed by atoms with Gasteiger partial charge in [0, 0.05) is 36.2 Å². The minimum absolute atomic E-state index is 0.0658. The number of carboxylic acid groups (broad SMARTS) is 1. The van der Waals surface area contributed by atoms with Gasteiger partial charge in [0.05, 0.1) is 0 Å². The third-order valence-corrected chi connectivity index (χ3v) is 11.2. The third kappa shape index (κ3) is 4.02. The number of hydrogen-bond donors (Lipinski definition) is 2. The van der Waals surface area contributed by atoms with Gasteiger partial charge >= 0.3 is 11.9 Å². The molecule has 4 rings (SSSR count). The molecule has 9 atom stereocenters. The summed E-state index contributed by atoms with van der Waals surface area (Å²) in [6, 6.07) is 0. The number of carbonyl (C=O) groups excluding carboxylic acids is 3. The minimum atomic E-state index is -1.26.